The highest BCUT2D eigenvalue weighted by Crippen LogP contribution is 2.22. The summed E-state index contributed by atoms with van der Waals surface area (Å²) in [5.41, 5.74) is 0. The molecule has 288 valence electrons. The minimum atomic E-state index is -1.53. The van der Waals surface area contributed by atoms with E-state index in [0.29, 0.717) is 19.3 Å². The van der Waals surface area contributed by atoms with Crippen LogP contribution in [-0.4, -0.2) is 107 Å². The summed E-state index contributed by atoms with van der Waals surface area (Å²) in [6, 6.07) is -5.15. The second-order valence-electron chi connectivity index (χ2n) is 14.2. The lowest BCUT2D eigenvalue weighted by Crippen LogP contribution is -2.61. The van der Waals surface area contributed by atoms with E-state index < -0.39 is 96.9 Å². The van der Waals surface area contributed by atoms with Gasteiger partial charge in [-0.05, 0) is 38.0 Å². The van der Waals surface area contributed by atoms with Crippen molar-refractivity contribution < 1.29 is 43.7 Å². The van der Waals surface area contributed by atoms with E-state index in [0.717, 1.165) is 25.7 Å². The zero-order valence-corrected chi connectivity index (χ0v) is 31.6. The minimum absolute atomic E-state index is 0.00678. The Morgan fingerprint density at radius 2 is 1.38 bits per heavy atom. The Bertz CT molecular complexity index is 1100. The normalized spacial score (nSPS) is 26.5. The molecule has 14 heteroatoms. The summed E-state index contributed by atoms with van der Waals surface area (Å²) in [6.45, 7) is 11.0. The van der Waals surface area contributed by atoms with Crippen LogP contribution in [0, 0.1) is 17.8 Å². The molecule has 0 radical (unpaired) electrons. The average Bonchev–Trinajstić information content (AvgIpc) is 3.07. The van der Waals surface area contributed by atoms with Crippen LogP contribution in [0.1, 0.15) is 119 Å². The molecule has 0 aromatic rings. The molecule has 1 rings (SSSR count). The molecule has 1 fully saturated rings. The van der Waals surface area contributed by atoms with E-state index in [4.69, 9.17) is 4.74 Å². The van der Waals surface area contributed by atoms with Gasteiger partial charge in [0.25, 0.3) is 0 Å². The Hall–Kier alpha value is -3.26. The first-order chi connectivity index (χ1) is 23.6. The number of carbonyl (C=O) groups is 6. The lowest BCUT2D eigenvalue weighted by molar-refractivity contribution is -0.157. The van der Waals surface area contributed by atoms with Crippen molar-refractivity contribution in [2.45, 2.75) is 155 Å². The molecule has 6 N–H and O–H groups in total. The fraction of sp³-hybridized carbons (Fsp3) is 0.833. The monoisotopic (exact) mass is 711 g/mol. The van der Waals surface area contributed by atoms with Crippen molar-refractivity contribution >= 4 is 35.5 Å². The molecule has 5 amide bonds. The third-order valence-corrected chi connectivity index (χ3v) is 9.46. The first kappa shape index (κ1) is 44.8. The first-order valence-corrected chi connectivity index (χ1v) is 18.5. The van der Waals surface area contributed by atoms with Crippen LogP contribution in [0.3, 0.4) is 0 Å². The van der Waals surface area contributed by atoms with E-state index in [2.05, 4.69) is 28.2 Å². The van der Waals surface area contributed by atoms with Gasteiger partial charge in [0.1, 0.15) is 36.8 Å². The Balaban J connectivity index is 3.50. The van der Waals surface area contributed by atoms with Crippen LogP contribution >= 0.6 is 0 Å². The van der Waals surface area contributed by atoms with Crippen LogP contribution < -0.4 is 21.3 Å². The van der Waals surface area contributed by atoms with E-state index in [1.54, 1.807) is 13.8 Å². The van der Waals surface area contributed by atoms with E-state index >= 15 is 0 Å². The third kappa shape index (κ3) is 14.9. The molecule has 1 heterocycles. The number of hydrogen-bond donors (Lipinski definition) is 6. The van der Waals surface area contributed by atoms with Crippen LogP contribution in [0.4, 0.5) is 0 Å². The average molecular weight is 712 g/mol. The summed E-state index contributed by atoms with van der Waals surface area (Å²) in [4.78, 5) is 81.9. The molecule has 0 unspecified atom stereocenters. The number of nitrogens with zero attached hydrogens (tertiary/aromatic N) is 1. The van der Waals surface area contributed by atoms with Gasteiger partial charge < -0.3 is 41.1 Å². The maximum Gasteiger partial charge on any atom is 0.325 e. The highest BCUT2D eigenvalue weighted by Gasteiger charge is 2.38. The molecule has 0 aromatic carbocycles. The van der Waals surface area contributed by atoms with E-state index in [1.807, 2.05) is 20.8 Å². The summed E-state index contributed by atoms with van der Waals surface area (Å²) in [6.07, 6.45) is 7.29. The van der Waals surface area contributed by atoms with Crippen LogP contribution in [-0.2, 0) is 33.5 Å². The molecule has 0 saturated carbocycles. The standard InChI is InChI=1S/C36H65N5O9/c1-9-11-12-13-14-15-16-17-18-28-24(6)36(49)41(8)27(19-22(3)4)33(46)39-30(23(5)10-2)35(48)38-26(21-42)32(45)40-31(25(7)43)34(47)37-20-29(44)50-28/h22-28,30-31,42-43H,9-21H2,1-8H3,(H,37,47)(H,38,48)(H,39,46)(H,40,45)/t23-,24-,25+,26-,27+,28-,30+,31-/m1/s1. The van der Waals surface area contributed by atoms with Gasteiger partial charge in [0.15, 0.2) is 0 Å². The van der Waals surface area contributed by atoms with Crippen molar-refractivity contribution in [3.63, 3.8) is 0 Å². The topological polar surface area (TPSA) is 203 Å². The number of aliphatic hydroxyl groups is 2. The Labute approximate surface area is 298 Å². The van der Waals surface area contributed by atoms with E-state index in [1.165, 1.54) is 38.1 Å². The Morgan fingerprint density at radius 1 is 0.800 bits per heavy atom. The molecular formula is C36H65N5O9. The molecule has 8 atom stereocenters. The highest BCUT2D eigenvalue weighted by molar-refractivity contribution is 5.96. The highest BCUT2D eigenvalue weighted by atomic mass is 16.5. The minimum Gasteiger partial charge on any atom is -0.460 e. The van der Waals surface area contributed by atoms with Crippen LogP contribution in [0.15, 0.2) is 0 Å². The van der Waals surface area contributed by atoms with E-state index in [-0.39, 0.29) is 12.3 Å². The maximum atomic E-state index is 14.0. The number of unbranched alkanes of at least 4 members (excludes halogenated alkanes) is 7. The molecule has 50 heavy (non-hydrogen) atoms. The van der Waals surface area contributed by atoms with Crippen molar-refractivity contribution in [3.05, 3.63) is 0 Å². The van der Waals surface area contributed by atoms with Gasteiger partial charge in [-0.25, -0.2) is 0 Å². The predicted octanol–water partition coefficient (Wildman–Crippen LogP) is 1.94. The number of amides is 5. The molecule has 0 aromatic heterocycles. The molecule has 14 nitrogen and oxygen atoms in total. The van der Waals surface area contributed by atoms with Crippen LogP contribution in [0.25, 0.3) is 0 Å². The van der Waals surface area contributed by atoms with Gasteiger partial charge in [-0.1, -0.05) is 92.9 Å². The number of hydrogen-bond acceptors (Lipinski definition) is 9. The van der Waals surface area contributed by atoms with Gasteiger partial charge in [-0.2, -0.15) is 0 Å². The number of cyclic esters (lactones) is 1. The summed E-state index contributed by atoms with van der Waals surface area (Å²) in [7, 11) is 1.52. The molecule has 0 spiro atoms. The fourth-order valence-electron chi connectivity index (χ4n) is 5.96. The lowest BCUT2D eigenvalue weighted by Gasteiger charge is -2.34. The van der Waals surface area contributed by atoms with Gasteiger partial charge in [0.05, 0.1) is 18.6 Å². The largest absolute Gasteiger partial charge is 0.460 e. The number of likely N-dealkylation sites (N-methyl/N-ethyl adjacent to an activating group) is 1. The van der Waals surface area contributed by atoms with Gasteiger partial charge >= 0.3 is 5.97 Å². The van der Waals surface area contributed by atoms with Crippen LogP contribution in [0.2, 0.25) is 0 Å². The zero-order valence-electron chi connectivity index (χ0n) is 31.6. The summed E-state index contributed by atoms with van der Waals surface area (Å²) < 4.78 is 5.79. The molecular weight excluding hydrogens is 646 g/mol. The van der Waals surface area contributed by atoms with Gasteiger partial charge in [-0.15, -0.1) is 0 Å². The Morgan fingerprint density at radius 3 is 1.92 bits per heavy atom. The van der Waals surface area contributed by atoms with Gasteiger partial charge in [0.2, 0.25) is 29.5 Å². The predicted molar refractivity (Wildman–Crippen MR) is 189 cm³/mol. The van der Waals surface area contributed by atoms with Crippen molar-refractivity contribution in [2.75, 3.05) is 20.2 Å². The van der Waals surface area contributed by atoms with Crippen molar-refractivity contribution in [3.8, 4) is 0 Å². The number of aliphatic hydroxyl groups excluding tert-OH is 2. The van der Waals surface area contributed by atoms with Gasteiger partial charge in [0, 0.05) is 7.05 Å². The Kier molecular flexibility index (Phi) is 20.8. The first-order valence-electron chi connectivity index (χ1n) is 18.5. The van der Waals surface area contributed by atoms with Crippen LogP contribution in [0.5, 0.6) is 0 Å². The molecule has 1 aliphatic rings. The van der Waals surface area contributed by atoms with Crippen molar-refractivity contribution in [1.29, 1.82) is 0 Å². The summed E-state index contributed by atoms with van der Waals surface area (Å²) in [5, 5.41) is 30.2. The molecule has 1 aliphatic heterocycles. The number of esters is 1. The molecule has 0 bridgehead atoms. The number of rotatable bonds is 15. The summed E-state index contributed by atoms with van der Waals surface area (Å²) >= 11 is 0. The van der Waals surface area contributed by atoms with E-state index in [9.17, 15) is 39.0 Å². The van der Waals surface area contributed by atoms with Gasteiger partial charge in [-0.3, -0.25) is 28.8 Å². The second kappa shape index (κ2) is 23.3. The SMILES string of the molecule is CCCCCCCCCC[C@H]1OC(=O)CNC(=O)[C@@H]([C@H](C)O)NC(=O)[C@@H](CO)NC(=O)[C@H]([C@H](C)CC)NC(=O)[C@H](CC(C)C)N(C)C(=O)[C@@H]1C. The molecule has 0 aliphatic carbocycles. The quantitative estimate of drug-likeness (QED) is 0.108. The fourth-order valence-corrected chi connectivity index (χ4v) is 5.96. The number of carbonyl (C=O) groups excluding carboxylic acids is 6. The second-order valence-corrected chi connectivity index (χ2v) is 14.2. The summed E-state index contributed by atoms with van der Waals surface area (Å²) in [5.74, 6) is -5.63. The third-order valence-electron chi connectivity index (χ3n) is 9.46. The number of ether oxygens (including phenoxy) is 1. The van der Waals surface area contributed by atoms with Crippen molar-refractivity contribution in [2.24, 2.45) is 17.8 Å². The molecule has 1 saturated heterocycles. The van der Waals surface area contributed by atoms with Crippen molar-refractivity contribution in [1.82, 2.24) is 26.2 Å². The maximum absolute atomic E-state index is 14.0. The zero-order chi connectivity index (χ0) is 38.0. The lowest BCUT2D eigenvalue weighted by atomic mass is 9.94. The number of nitrogens with one attached hydrogen (secondary N) is 4. The smallest absolute Gasteiger partial charge is 0.325 e.